The molecule has 6 heteroatoms. The van der Waals surface area contributed by atoms with Crippen LogP contribution in [-0.4, -0.2) is 24.2 Å². The Bertz CT molecular complexity index is 423. The Morgan fingerprint density at radius 3 is 2.47 bits per heavy atom. The quantitative estimate of drug-likeness (QED) is 0.813. The first kappa shape index (κ1) is 13.5. The Kier molecular flexibility index (Phi) is 4.53. The lowest BCUT2D eigenvalue weighted by Crippen LogP contribution is -2.32. The first-order chi connectivity index (χ1) is 7.97. The number of methoxy groups -OCH3 is 1. The molecule has 94 valence electrons. The van der Waals surface area contributed by atoms with Gasteiger partial charge in [-0.2, -0.15) is 0 Å². The second-order valence-corrected chi connectivity index (χ2v) is 3.59. The van der Waals surface area contributed by atoms with Crippen LogP contribution in [-0.2, 0) is 22.6 Å². The fourth-order valence-corrected chi connectivity index (χ4v) is 1.38. The van der Waals surface area contributed by atoms with E-state index in [4.69, 9.17) is 15.6 Å². The van der Waals surface area contributed by atoms with Gasteiger partial charge >= 0.3 is 5.97 Å². The number of rotatable bonds is 5. The van der Waals surface area contributed by atoms with Crippen molar-refractivity contribution >= 4 is 5.97 Å². The minimum atomic E-state index is -1.26. The molecule has 0 radical (unpaired) electrons. The van der Waals surface area contributed by atoms with Crippen LogP contribution in [0.3, 0.4) is 0 Å². The van der Waals surface area contributed by atoms with Gasteiger partial charge in [0, 0.05) is 19.1 Å². The van der Waals surface area contributed by atoms with Crippen LogP contribution in [0.1, 0.15) is 11.1 Å². The highest BCUT2D eigenvalue weighted by atomic mass is 19.2. The van der Waals surface area contributed by atoms with E-state index in [1.165, 1.54) is 19.2 Å². The average Bonchev–Trinajstić information content (AvgIpc) is 2.28. The van der Waals surface area contributed by atoms with Crippen molar-refractivity contribution in [3.8, 4) is 0 Å². The molecule has 0 aliphatic heterocycles. The molecule has 0 saturated carbocycles. The maximum Gasteiger partial charge on any atom is 0.320 e. The van der Waals surface area contributed by atoms with Crippen LogP contribution in [0.25, 0.3) is 0 Å². The molecule has 0 saturated heterocycles. The minimum Gasteiger partial charge on any atom is -0.480 e. The number of nitrogens with two attached hydrogens (primary N) is 1. The van der Waals surface area contributed by atoms with Gasteiger partial charge in [0.25, 0.3) is 0 Å². The summed E-state index contributed by atoms with van der Waals surface area (Å²) in [4.78, 5) is 10.5. The molecule has 1 atom stereocenters. The molecule has 1 unspecified atom stereocenters. The third-order valence-electron chi connectivity index (χ3n) is 2.30. The molecule has 0 heterocycles. The summed E-state index contributed by atoms with van der Waals surface area (Å²) < 4.78 is 31.7. The normalized spacial score (nSPS) is 12.5. The molecule has 0 aromatic heterocycles. The van der Waals surface area contributed by atoms with Crippen LogP contribution >= 0.6 is 0 Å². The summed E-state index contributed by atoms with van der Waals surface area (Å²) in [5.41, 5.74) is 5.27. The molecule has 0 aliphatic rings. The molecule has 1 aromatic carbocycles. The van der Waals surface area contributed by atoms with E-state index in [2.05, 4.69) is 0 Å². The third-order valence-corrected chi connectivity index (χ3v) is 2.30. The zero-order valence-electron chi connectivity index (χ0n) is 9.24. The summed E-state index contributed by atoms with van der Waals surface area (Å²) in [5.74, 6) is -3.36. The predicted molar refractivity (Wildman–Crippen MR) is 56.4 cm³/mol. The number of benzene rings is 1. The standard InChI is InChI=1S/C11H13F2NO3/c1-17-5-7-3-2-6(9(12)10(7)13)4-8(14)11(15)16/h2-3,8H,4-5,14H2,1H3,(H,15,16). The number of carbonyl (C=O) groups is 1. The zero-order chi connectivity index (χ0) is 13.0. The molecule has 0 aliphatic carbocycles. The van der Waals surface area contributed by atoms with Crippen molar-refractivity contribution in [3.05, 3.63) is 34.9 Å². The van der Waals surface area contributed by atoms with Crippen molar-refractivity contribution in [2.24, 2.45) is 5.73 Å². The van der Waals surface area contributed by atoms with Crippen LogP contribution in [0, 0.1) is 11.6 Å². The van der Waals surface area contributed by atoms with Gasteiger partial charge in [-0.3, -0.25) is 4.79 Å². The molecule has 1 aromatic rings. The first-order valence-electron chi connectivity index (χ1n) is 4.90. The average molecular weight is 245 g/mol. The monoisotopic (exact) mass is 245 g/mol. The number of hydrogen-bond donors (Lipinski definition) is 2. The van der Waals surface area contributed by atoms with Crippen LogP contribution in [0.2, 0.25) is 0 Å². The Morgan fingerprint density at radius 2 is 1.94 bits per heavy atom. The van der Waals surface area contributed by atoms with Crippen LogP contribution in [0.15, 0.2) is 12.1 Å². The van der Waals surface area contributed by atoms with Crippen molar-refractivity contribution in [2.45, 2.75) is 19.1 Å². The zero-order valence-corrected chi connectivity index (χ0v) is 9.24. The summed E-state index contributed by atoms with van der Waals surface area (Å²) in [6.45, 7) is -0.0476. The van der Waals surface area contributed by atoms with Gasteiger partial charge in [-0.05, 0) is 5.56 Å². The SMILES string of the molecule is COCc1ccc(CC(N)C(=O)O)c(F)c1F. The van der Waals surface area contributed by atoms with Gasteiger partial charge in [0.2, 0.25) is 0 Å². The lowest BCUT2D eigenvalue weighted by atomic mass is 10.0. The highest BCUT2D eigenvalue weighted by molar-refractivity contribution is 5.73. The van der Waals surface area contributed by atoms with Crippen molar-refractivity contribution in [2.75, 3.05) is 7.11 Å². The molecule has 0 amide bonds. The van der Waals surface area contributed by atoms with Gasteiger partial charge in [0.1, 0.15) is 6.04 Å². The largest absolute Gasteiger partial charge is 0.480 e. The van der Waals surface area contributed by atoms with Crippen LogP contribution in [0.4, 0.5) is 8.78 Å². The van der Waals surface area contributed by atoms with Gasteiger partial charge in [0.05, 0.1) is 6.61 Å². The Hall–Kier alpha value is -1.53. The van der Waals surface area contributed by atoms with E-state index in [9.17, 15) is 13.6 Å². The van der Waals surface area contributed by atoms with E-state index < -0.39 is 23.6 Å². The van der Waals surface area contributed by atoms with Crippen molar-refractivity contribution in [1.82, 2.24) is 0 Å². The number of hydrogen-bond acceptors (Lipinski definition) is 3. The van der Waals surface area contributed by atoms with E-state index in [-0.39, 0.29) is 24.2 Å². The van der Waals surface area contributed by atoms with E-state index in [1.807, 2.05) is 0 Å². The molecular weight excluding hydrogens is 232 g/mol. The summed E-state index contributed by atoms with van der Waals surface area (Å²) in [5, 5.41) is 8.58. The maximum atomic E-state index is 13.5. The Labute approximate surface area is 97.0 Å². The lowest BCUT2D eigenvalue weighted by Gasteiger charge is -2.10. The highest BCUT2D eigenvalue weighted by Gasteiger charge is 2.18. The lowest BCUT2D eigenvalue weighted by molar-refractivity contribution is -0.138. The Balaban J connectivity index is 2.96. The van der Waals surface area contributed by atoms with Gasteiger partial charge in [-0.1, -0.05) is 12.1 Å². The van der Waals surface area contributed by atoms with Crippen LogP contribution in [0.5, 0.6) is 0 Å². The maximum absolute atomic E-state index is 13.5. The highest BCUT2D eigenvalue weighted by Crippen LogP contribution is 2.18. The summed E-state index contributed by atoms with van der Waals surface area (Å²) >= 11 is 0. The van der Waals surface area contributed by atoms with E-state index in [0.29, 0.717) is 0 Å². The Morgan fingerprint density at radius 1 is 1.41 bits per heavy atom. The molecule has 0 bridgehead atoms. The minimum absolute atomic E-state index is 0.0476. The summed E-state index contributed by atoms with van der Waals surface area (Å²) in [6, 6.07) is 1.42. The molecular formula is C11H13F2NO3. The predicted octanol–water partition coefficient (Wildman–Crippen LogP) is 1.07. The van der Waals surface area contributed by atoms with E-state index in [0.717, 1.165) is 0 Å². The molecule has 3 N–H and O–H groups in total. The molecule has 0 fully saturated rings. The molecule has 0 spiro atoms. The van der Waals surface area contributed by atoms with Gasteiger partial charge in [-0.15, -0.1) is 0 Å². The fraction of sp³-hybridized carbons (Fsp3) is 0.364. The number of halogens is 2. The molecule has 17 heavy (non-hydrogen) atoms. The van der Waals surface area contributed by atoms with Crippen molar-refractivity contribution < 1.29 is 23.4 Å². The van der Waals surface area contributed by atoms with Crippen molar-refractivity contribution in [1.29, 1.82) is 0 Å². The van der Waals surface area contributed by atoms with Gasteiger partial charge in [0.15, 0.2) is 11.6 Å². The second kappa shape index (κ2) is 5.70. The van der Waals surface area contributed by atoms with Crippen molar-refractivity contribution in [3.63, 3.8) is 0 Å². The van der Waals surface area contributed by atoms with E-state index >= 15 is 0 Å². The topological polar surface area (TPSA) is 72.5 Å². The van der Waals surface area contributed by atoms with E-state index in [1.54, 1.807) is 0 Å². The summed E-state index contributed by atoms with van der Waals surface area (Å²) in [7, 11) is 1.37. The van der Waals surface area contributed by atoms with Gasteiger partial charge in [-0.25, -0.2) is 8.78 Å². The smallest absolute Gasteiger partial charge is 0.320 e. The molecule has 1 rings (SSSR count). The molecule has 4 nitrogen and oxygen atoms in total. The fourth-order valence-electron chi connectivity index (χ4n) is 1.38. The number of carboxylic acids is 1. The number of ether oxygens (including phenoxy) is 1. The van der Waals surface area contributed by atoms with Gasteiger partial charge < -0.3 is 15.6 Å². The number of aliphatic carboxylic acids is 1. The van der Waals surface area contributed by atoms with Crippen LogP contribution < -0.4 is 5.73 Å². The first-order valence-corrected chi connectivity index (χ1v) is 4.90. The third kappa shape index (κ3) is 3.21. The number of carboxylic acid groups (broad SMARTS) is 1. The second-order valence-electron chi connectivity index (χ2n) is 3.59. The summed E-state index contributed by atoms with van der Waals surface area (Å²) in [6.07, 6.45) is -0.259.